The van der Waals surface area contributed by atoms with Gasteiger partial charge in [0.1, 0.15) is 24.0 Å². The lowest BCUT2D eigenvalue weighted by molar-refractivity contribution is -0.142. The smallest absolute Gasteiger partial charge is 0.392 e. The molecule has 3 rings (SSSR count). The molecule has 222 valence electrons. The highest BCUT2D eigenvalue weighted by molar-refractivity contribution is 5.92. The van der Waals surface area contributed by atoms with Gasteiger partial charge in [-0.05, 0) is 48.8 Å². The first-order chi connectivity index (χ1) is 19.7. The number of nitrogens with one attached hydrogen (secondary N) is 1. The van der Waals surface area contributed by atoms with E-state index in [9.17, 15) is 41.0 Å². The van der Waals surface area contributed by atoms with Crippen molar-refractivity contribution in [3.63, 3.8) is 0 Å². The predicted octanol–water partition coefficient (Wildman–Crippen LogP) is 4.47. The molecule has 0 radical (unpaired) electrons. The lowest BCUT2D eigenvalue weighted by Crippen LogP contribution is -2.34. The summed E-state index contributed by atoms with van der Waals surface area (Å²) in [5, 5.41) is 15.2. The van der Waals surface area contributed by atoms with E-state index in [1.807, 2.05) is 0 Å². The monoisotopic (exact) mass is 593 g/mol. The van der Waals surface area contributed by atoms with E-state index in [1.165, 1.54) is 31.3 Å². The van der Waals surface area contributed by atoms with Crippen molar-refractivity contribution in [3.8, 4) is 0 Å². The molecule has 1 aromatic carbocycles. The summed E-state index contributed by atoms with van der Waals surface area (Å²) in [6.07, 6.45) is -0.689. The molecular weight excluding hydrogens is 568 g/mol. The molecule has 1 atom stereocenters. The summed E-state index contributed by atoms with van der Waals surface area (Å²) >= 11 is 0. The van der Waals surface area contributed by atoms with Gasteiger partial charge in [0.25, 0.3) is 0 Å². The highest BCUT2D eigenvalue weighted by atomic mass is 19.4. The Hall–Kier alpha value is -4.72. The number of amides is 2. The third-order valence-electron chi connectivity index (χ3n) is 5.95. The van der Waals surface area contributed by atoms with Gasteiger partial charge in [-0.15, -0.1) is 0 Å². The zero-order valence-electron chi connectivity index (χ0n) is 22.1. The lowest BCUT2D eigenvalue weighted by Gasteiger charge is -2.22. The van der Waals surface area contributed by atoms with Crippen LogP contribution in [0.3, 0.4) is 0 Å². The minimum atomic E-state index is -4.87. The number of allylic oxidation sites excluding steroid dienone is 4. The molecule has 0 saturated carbocycles. The first-order valence-electron chi connectivity index (χ1n) is 12.2. The molecule has 0 fully saturated rings. The molecule has 0 bridgehead atoms. The second-order valence-corrected chi connectivity index (χ2v) is 9.09. The summed E-state index contributed by atoms with van der Waals surface area (Å²) in [7, 11) is 0. The van der Waals surface area contributed by atoms with Crippen molar-refractivity contribution in [2.45, 2.75) is 38.7 Å². The van der Waals surface area contributed by atoms with Gasteiger partial charge in [0.15, 0.2) is 5.69 Å². The van der Waals surface area contributed by atoms with Crippen molar-refractivity contribution < 1.29 is 41.0 Å². The van der Waals surface area contributed by atoms with E-state index in [-0.39, 0.29) is 34.4 Å². The quantitative estimate of drug-likeness (QED) is 0.172. The van der Waals surface area contributed by atoms with Gasteiger partial charge in [0, 0.05) is 35.2 Å². The fraction of sp³-hybridized carbons (Fsp3) is 0.214. The predicted molar refractivity (Wildman–Crippen MR) is 140 cm³/mol. The summed E-state index contributed by atoms with van der Waals surface area (Å²) in [6.45, 7) is 3.37. The molecule has 8 nitrogen and oxygen atoms in total. The van der Waals surface area contributed by atoms with Crippen LogP contribution in [0.25, 0.3) is 5.57 Å². The largest absolute Gasteiger partial charge is 0.435 e. The highest BCUT2D eigenvalue weighted by Crippen LogP contribution is 2.31. The maximum atomic E-state index is 14.3. The number of rotatable bonds is 11. The standard InChI is InChI=1S/C28H25F6N5O3/c1-15(5-6-22(31)16(2)27(35)42)21-4-3-7-36-25(21)23(10-17-8-19(29)11-20(30)9-17)37-24(41)13-39-12-18(14-40)26(38-39)28(32,33)34/h3-9,11-12,23,40H,1,10,13-14H2,2H3,(H2,35,42)(H,37,41)/b6-5-,22-16-/t23-/m0/s1. The van der Waals surface area contributed by atoms with Crippen LogP contribution in [-0.4, -0.2) is 31.7 Å². The second-order valence-electron chi connectivity index (χ2n) is 9.09. The molecule has 0 aliphatic carbocycles. The zero-order valence-corrected chi connectivity index (χ0v) is 22.1. The van der Waals surface area contributed by atoms with Crippen LogP contribution in [-0.2, 0) is 35.3 Å². The molecule has 2 heterocycles. The van der Waals surface area contributed by atoms with Crippen LogP contribution in [0.5, 0.6) is 0 Å². The Bertz CT molecular complexity index is 1540. The SMILES string of the molecule is C=C(/C=C\C(F)=C(/C)C(N)=O)c1cccnc1[C@H](Cc1cc(F)cc(F)c1)NC(=O)Cn1cc(CO)c(C(F)(F)F)n1. The maximum absolute atomic E-state index is 14.3. The molecule has 3 aromatic rings. The fourth-order valence-electron chi connectivity index (χ4n) is 3.94. The van der Waals surface area contributed by atoms with Gasteiger partial charge >= 0.3 is 6.18 Å². The van der Waals surface area contributed by atoms with Crippen LogP contribution in [0.4, 0.5) is 26.3 Å². The number of halogens is 6. The normalized spacial score (nSPS) is 13.1. The molecular formula is C28H25F6N5O3. The Morgan fingerprint density at radius 3 is 2.43 bits per heavy atom. The fourth-order valence-corrected chi connectivity index (χ4v) is 3.94. The van der Waals surface area contributed by atoms with Crippen LogP contribution >= 0.6 is 0 Å². The third kappa shape index (κ3) is 8.16. The number of carbonyl (C=O) groups excluding carboxylic acids is 2. The number of carbonyl (C=O) groups is 2. The van der Waals surface area contributed by atoms with Crippen molar-refractivity contribution >= 4 is 17.4 Å². The Morgan fingerprint density at radius 1 is 1.19 bits per heavy atom. The molecule has 0 saturated heterocycles. The van der Waals surface area contributed by atoms with E-state index in [2.05, 4.69) is 22.0 Å². The molecule has 0 unspecified atom stereocenters. The van der Waals surface area contributed by atoms with E-state index in [0.717, 1.165) is 24.4 Å². The number of alkyl halides is 3. The average Bonchev–Trinajstić information content (AvgIpc) is 3.33. The number of benzene rings is 1. The van der Waals surface area contributed by atoms with Crippen molar-refractivity contribution in [2.24, 2.45) is 5.73 Å². The molecule has 2 amide bonds. The van der Waals surface area contributed by atoms with Crippen LogP contribution < -0.4 is 11.1 Å². The van der Waals surface area contributed by atoms with Gasteiger partial charge in [-0.25, -0.2) is 13.2 Å². The molecule has 0 aliphatic heterocycles. The summed E-state index contributed by atoms with van der Waals surface area (Å²) < 4.78 is 82.5. The molecule has 0 aliphatic rings. The van der Waals surface area contributed by atoms with Crippen LogP contribution in [0.2, 0.25) is 0 Å². The van der Waals surface area contributed by atoms with E-state index in [1.54, 1.807) is 0 Å². The third-order valence-corrected chi connectivity index (χ3v) is 5.95. The summed E-state index contributed by atoms with van der Waals surface area (Å²) in [4.78, 5) is 28.5. The van der Waals surface area contributed by atoms with Gasteiger partial charge in [0.05, 0.1) is 18.3 Å². The Kier molecular flexibility index (Phi) is 10.1. The van der Waals surface area contributed by atoms with Crippen molar-refractivity contribution in [1.29, 1.82) is 0 Å². The van der Waals surface area contributed by atoms with Gasteiger partial charge in [0.2, 0.25) is 11.8 Å². The molecule has 14 heteroatoms. The maximum Gasteiger partial charge on any atom is 0.435 e. The topological polar surface area (TPSA) is 123 Å². The minimum absolute atomic E-state index is 0.114. The number of aliphatic hydroxyl groups is 1. The Labute approximate surface area is 235 Å². The van der Waals surface area contributed by atoms with Crippen LogP contribution in [0.15, 0.2) is 72.9 Å². The number of pyridine rings is 1. The van der Waals surface area contributed by atoms with Gasteiger partial charge in [-0.2, -0.15) is 18.3 Å². The molecule has 2 aromatic heterocycles. The van der Waals surface area contributed by atoms with Gasteiger partial charge < -0.3 is 16.2 Å². The number of nitrogens with two attached hydrogens (primary N) is 1. The van der Waals surface area contributed by atoms with Crippen molar-refractivity contribution in [1.82, 2.24) is 20.1 Å². The van der Waals surface area contributed by atoms with E-state index >= 15 is 0 Å². The Balaban J connectivity index is 1.98. The first kappa shape index (κ1) is 31.8. The molecule has 4 N–H and O–H groups in total. The van der Waals surface area contributed by atoms with Crippen molar-refractivity contribution in [2.75, 3.05) is 0 Å². The number of aliphatic hydroxyl groups excluding tert-OH is 1. The number of nitrogens with zero attached hydrogens (tertiary/aromatic N) is 3. The summed E-state index contributed by atoms with van der Waals surface area (Å²) in [5.74, 6) is -4.51. The zero-order chi connectivity index (χ0) is 31.2. The lowest BCUT2D eigenvalue weighted by atomic mass is 9.95. The number of primary amides is 1. The minimum Gasteiger partial charge on any atom is -0.392 e. The molecule has 42 heavy (non-hydrogen) atoms. The van der Waals surface area contributed by atoms with Crippen LogP contribution in [0.1, 0.15) is 41.0 Å². The molecule has 0 spiro atoms. The summed E-state index contributed by atoms with van der Waals surface area (Å²) in [6, 6.07) is 4.65. The van der Waals surface area contributed by atoms with Gasteiger partial charge in [-0.1, -0.05) is 18.7 Å². The summed E-state index contributed by atoms with van der Waals surface area (Å²) in [5.41, 5.74) is 3.55. The van der Waals surface area contributed by atoms with E-state index in [0.29, 0.717) is 10.7 Å². The second kappa shape index (κ2) is 13.3. The number of aromatic nitrogens is 3. The van der Waals surface area contributed by atoms with E-state index < -0.39 is 65.9 Å². The van der Waals surface area contributed by atoms with Crippen LogP contribution in [0, 0.1) is 11.6 Å². The number of hydrogen-bond acceptors (Lipinski definition) is 5. The average molecular weight is 594 g/mol. The van der Waals surface area contributed by atoms with Gasteiger partial charge in [-0.3, -0.25) is 19.3 Å². The highest BCUT2D eigenvalue weighted by Gasteiger charge is 2.37. The van der Waals surface area contributed by atoms with E-state index in [4.69, 9.17) is 5.73 Å². The van der Waals surface area contributed by atoms with Crippen molar-refractivity contribution in [3.05, 3.63) is 113 Å². The number of hydrogen-bond donors (Lipinski definition) is 3. The first-order valence-corrected chi connectivity index (χ1v) is 12.2. The Morgan fingerprint density at radius 2 is 1.86 bits per heavy atom.